The van der Waals surface area contributed by atoms with E-state index in [9.17, 15) is 19.8 Å². The molecule has 1 aliphatic heterocycles. The molecule has 1 fully saturated rings. The second kappa shape index (κ2) is 10.7. The molecule has 1 amide bonds. The van der Waals surface area contributed by atoms with Gasteiger partial charge in [0.2, 0.25) is 0 Å². The number of likely N-dealkylation sites (N-methyl/N-ethyl adjacent to an activating group) is 2. The summed E-state index contributed by atoms with van der Waals surface area (Å²) in [6.45, 7) is 1.92. The van der Waals surface area contributed by atoms with Crippen LogP contribution in [0.2, 0.25) is 5.02 Å². The molecule has 0 unspecified atom stereocenters. The molecule has 4 rings (SSSR count). The summed E-state index contributed by atoms with van der Waals surface area (Å²) in [5.74, 6) is -0.667. The number of phenolic OH excluding ortho intramolecular Hbond substituents is 1. The highest BCUT2D eigenvalue weighted by molar-refractivity contribution is 6.33. The molecule has 2 aromatic carbocycles. The number of aliphatic hydroxyl groups is 1. The van der Waals surface area contributed by atoms with Crippen LogP contribution in [0.1, 0.15) is 17.9 Å². The van der Waals surface area contributed by atoms with Gasteiger partial charge in [-0.2, -0.15) is 0 Å². The number of carbonyl (C=O) groups is 1. The molecule has 9 nitrogen and oxygen atoms in total. The number of carbonyl (C=O) groups excluding carboxylic acids is 1. The monoisotopic (exact) mass is 501 g/mol. The predicted octanol–water partition coefficient (Wildman–Crippen LogP) is 2.91. The normalized spacial score (nSPS) is 18.5. The van der Waals surface area contributed by atoms with E-state index in [0.29, 0.717) is 48.7 Å². The molecule has 2 atom stereocenters. The Bertz CT molecular complexity index is 1290. The Labute approximate surface area is 207 Å². The largest absolute Gasteiger partial charge is 0.507 e. The average Bonchev–Trinajstić information content (AvgIpc) is 2.80. The molecule has 0 radical (unpaired) electrons. The minimum absolute atomic E-state index is 0.0185. The van der Waals surface area contributed by atoms with Gasteiger partial charge in [-0.15, -0.1) is 0 Å². The summed E-state index contributed by atoms with van der Waals surface area (Å²) in [4.78, 5) is 27.6. The minimum Gasteiger partial charge on any atom is -0.507 e. The van der Waals surface area contributed by atoms with Gasteiger partial charge in [0.25, 0.3) is 0 Å². The number of piperidine rings is 1. The number of rotatable bonds is 6. The Kier molecular flexibility index (Phi) is 7.61. The molecule has 0 aliphatic carbocycles. The average molecular weight is 502 g/mol. The van der Waals surface area contributed by atoms with Crippen LogP contribution in [0.4, 0.5) is 4.79 Å². The number of ether oxygens (including phenoxy) is 1. The van der Waals surface area contributed by atoms with E-state index < -0.39 is 23.5 Å². The fraction of sp³-hybridized carbons (Fsp3) is 0.360. The highest BCUT2D eigenvalue weighted by Gasteiger charge is 2.34. The molecule has 0 saturated carbocycles. The van der Waals surface area contributed by atoms with Crippen molar-refractivity contribution in [1.29, 1.82) is 0 Å². The van der Waals surface area contributed by atoms with Gasteiger partial charge in [0.05, 0.1) is 11.1 Å². The van der Waals surface area contributed by atoms with Gasteiger partial charge in [-0.05, 0) is 39.2 Å². The van der Waals surface area contributed by atoms with Gasteiger partial charge in [-0.3, -0.25) is 4.79 Å². The summed E-state index contributed by atoms with van der Waals surface area (Å²) in [6, 6.07) is 9.41. The Hall–Kier alpha value is -3.11. The van der Waals surface area contributed by atoms with E-state index in [4.69, 9.17) is 20.8 Å². The van der Waals surface area contributed by atoms with Gasteiger partial charge in [0.15, 0.2) is 5.43 Å². The highest BCUT2D eigenvalue weighted by Crippen LogP contribution is 2.43. The molecule has 1 aliphatic rings. The Morgan fingerprint density at radius 1 is 1.29 bits per heavy atom. The van der Waals surface area contributed by atoms with E-state index in [1.54, 1.807) is 31.3 Å². The topological polar surface area (TPSA) is 124 Å². The first-order chi connectivity index (χ1) is 16.8. The SMILES string of the molecule is CNCCNC(=O)Oc1cc(O)c2c(=O)cc(-c3ccccc3Cl)oc2c1[C@H]1CCN(C)C[C@H]1O. The maximum atomic E-state index is 13.1. The number of nitrogens with one attached hydrogen (secondary N) is 2. The zero-order chi connectivity index (χ0) is 25.1. The van der Waals surface area contributed by atoms with Gasteiger partial charge in [0.1, 0.15) is 28.2 Å². The molecule has 1 aromatic heterocycles. The van der Waals surface area contributed by atoms with E-state index in [1.807, 2.05) is 11.9 Å². The number of benzene rings is 2. The third kappa shape index (κ3) is 5.28. The molecule has 2 heterocycles. The highest BCUT2D eigenvalue weighted by atomic mass is 35.5. The number of hydrogen-bond donors (Lipinski definition) is 4. The van der Waals surface area contributed by atoms with Crippen molar-refractivity contribution in [1.82, 2.24) is 15.5 Å². The van der Waals surface area contributed by atoms with E-state index in [0.717, 1.165) is 0 Å². The van der Waals surface area contributed by atoms with Crippen molar-refractivity contribution >= 4 is 28.7 Å². The molecule has 1 saturated heterocycles. The first kappa shape index (κ1) is 25.0. The van der Waals surface area contributed by atoms with Crippen molar-refractivity contribution < 1.29 is 24.2 Å². The van der Waals surface area contributed by atoms with Gasteiger partial charge < -0.3 is 34.9 Å². The third-order valence-corrected chi connectivity index (χ3v) is 6.45. The minimum atomic E-state index is -0.814. The number of nitrogens with zero attached hydrogens (tertiary/aromatic N) is 1. The number of aliphatic hydroxyl groups excluding tert-OH is 1. The van der Waals surface area contributed by atoms with Crippen molar-refractivity contribution in [2.75, 3.05) is 40.3 Å². The lowest BCUT2D eigenvalue weighted by molar-refractivity contribution is 0.0630. The second-order valence-corrected chi connectivity index (χ2v) is 9.02. The summed E-state index contributed by atoms with van der Waals surface area (Å²) in [5, 5.41) is 27.5. The maximum Gasteiger partial charge on any atom is 0.412 e. The van der Waals surface area contributed by atoms with Crippen molar-refractivity contribution in [3.05, 3.63) is 57.2 Å². The smallest absolute Gasteiger partial charge is 0.412 e. The van der Waals surface area contributed by atoms with Gasteiger partial charge in [-0.25, -0.2) is 4.79 Å². The second-order valence-electron chi connectivity index (χ2n) is 8.61. The van der Waals surface area contributed by atoms with Crippen LogP contribution in [0.5, 0.6) is 11.5 Å². The van der Waals surface area contributed by atoms with E-state index in [1.165, 1.54) is 12.1 Å². The number of halogens is 1. The number of phenols is 1. The number of likely N-dealkylation sites (tertiary alicyclic amines) is 1. The van der Waals surface area contributed by atoms with Crippen LogP contribution in [0.15, 0.2) is 45.6 Å². The molecule has 0 spiro atoms. The van der Waals surface area contributed by atoms with E-state index >= 15 is 0 Å². The first-order valence-corrected chi connectivity index (χ1v) is 11.7. The molecule has 10 heteroatoms. The first-order valence-electron chi connectivity index (χ1n) is 11.4. The lowest BCUT2D eigenvalue weighted by Gasteiger charge is -2.34. The zero-order valence-corrected chi connectivity index (χ0v) is 20.3. The maximum absolute atomic E-state index is 13.1. The van der Waals surface area contributed by atoms with Crippen molar-refractivity contribution in [3.63, 3.8) is 0 Å². The molecular weight excluding hydrogens is 474 g/mol. The summed E-state index contributed by atoms with van der Waals surface area (Å²) in [7, 11) is 3.66. The van der Waals surface area contributed by atoms with Crippen molar-refractivity contribution in [3.8, 4) is 22.8 Å². The fourth-order valence-electron chi connectivity index (χ4n) is 4.39. The quantitative estimate of drug-likeness (QED) is 0.380. The van der Waals surface area contributed by atoms with E-state index in [-0.39, 0.29) is 28.2 Å². The van der Waals surface area contributed by atoms with Crippen molar-refractivity contribution in [2.45, 2.75) is 18.4 Å². The molecule has 35 heavy (non-hydrogen) atoms. The lowest BCUT2D eigenvalue weighted by atomic mass is 9.85. The van der Waals surface area contributed by atoms with Gasteiger partial charge >= 0.3 is 6.09 Å². The molecule has 0 bridgehead atoms. The van der Waals surface area contributed by atoms with Crippen LogP contribution in [-0.2, 0) is 0 Å². The number of amides is 1. The Morgan fingerprint density at radius 3 is 2.77 bits per heavy atom. The Balaban J connectivity index is 1.91. The third-order valence-electron chi connectivity index (χ3n) is 6.12. The van der Waals surface area contributed by atoms with Crippen LogP contribution in [0.3, 0.4) is 0 Å². The van der Waals surface area contributed by atoms with Gasteiger partial charge in [-0.1, -0.05) is 23.7 Å². The predicted molar refractivity (Wildman–Crippen MR) is 133 cm³/mol. The molecule has 4 N–H and O–H groups in total. The summed E-state index contributed by atoms with van der Waals surface area (Å²) >= 11 is 6.34. The van der Waals surface area contributed by atoms with Crippen LogP contribution >= 0.6 is 11.6 Å². The summed E-state index contributed by atoms with van der Waals surface area (Å²) in [5.41, 5.74) is 0.429. The van der Waals surface area contributed by atoms with Crippen LogP contribution in [0.25, 0.3) is 22.3 Å². The fourth-order valence-corrected chi connectivity index (χ4v) is 4.62. The molecule has 3 aromatic rings. The Morgan fingerprint density at radius 2 is 2.06 bits per heavy atom. The number of aromatic hydroxyl groups is 1. The lowest BCUT2D eigenvalue weighted by Crippen LogP contribution is -2.41. The number of hydrogen-bond acceptors (Lipinski definition) is 8. The molecule has 186 valence electrons. The summed E-state index contributed by atoms with van der Waals surface area (Å²) in [6.07, 6.45) is -1.02. The van der Waals surface area contributed by atoms with E-state index in [2.05, 4.69) is 10.6 Å². The van der Waals surface area contributed by atoms with Crippen LogP contribution in [0, 0.1) is 0 Å². The number of fused-ring (bicyclic) bond motifs is 1. The van der Waals surface area contributed by atoms with Crippen molar-refractivity contribution in [2.24, 2.45) is 0 Å². The van der Waals surface area contributed by atoms with Crippen LogP contribution in [-0.4, -0.2) is 67.6 Å². The van der Waals surface area contributed by atoms with Crippen LogP contribution < -0.4 is 20.8 Å². The number of β-amino-alcohol motifs (C(OH)–C–C–N with tert-alkyl or cyclic N) is 1. The molecular formula is C25H28ClN3O6. The summed E-state index contributed by atoms with van der Waals surface area (Å²) < 4.78 is 11.7. The zero-order valence-electron chi connectivity index (χ0n) is 19.5. The van der Waals surface area contributed by atoms with Gasteiger partial charge in [0, 0.05) is 48.8 Å². The standard InChI is InChI=1S/C25H28ClN3O6/c1-27-8-9-28-25(33)35-21-12-18(31)23-17(30)11-20(14-5-3-4-6-16(14)26)34-24(23)22(21)15-7-10-29(2)13-19(15)32/h3-6,11-12,15,19,27,31-32H,7-10,13H2,1-2H3,(H,28,33)/t15-,19+/m0/s1.